The standard InChI is InChI=1S/C28H35N3O4/c1-20-8-6-10-23(18-20)27(33)31-16-12-21(13-17-31)25(28(34)30-14-4-3-5-15-30)29-26(32)22-9-7-11-24(19-22)35-2/h6-11,18-19,21,25H,3-5,12-17H2,1-2H3,(H,29,32). The summed E-state index contributed by atoms with van der Waals surface area (Å²) in [5.74, 6) is 0.300. The summed E-state index contributed by atoms with van der Waals surface area (Å²) in [7, 11) is 1.56. The van der Waals surface area contributed by atoms with Crippen LogP contribution in [0.2, 0.25) is 0 Å². The van der Waals surface area contributed by atoms with Gasteiger partial charge in [-0.05, 0) is 75.3 Å². The van der Waals surface area contributed by atoms with E-state index < -0.39 is 6.04 Å². The summed E-state index contributed by atoms with van der Waals surface area (Å²) in [5.41, 5.74) is 2.21. The van der Waals surface area contributed by atoms with E-state index in [1.807, 2.05) is 41.0 Å². The minimum Gasteiger partial charge on any atom is -0.497 e. The number of likely N-dealkylation sites (tertiary alicyclic amines) is 2. The number of methoxy groups -OCH3 is 1. The van der Waals surface area contributed by atoms with Crippen molar-refractivity contribution in [2.24, 2.45) is 5.92 Å². The third-order valence-corrected chi connectivity index (χ3v) is 7.12. The Morgan fingerprint density at radius 1 is 0.886 bits per heavy atom. The third kappa shape index (κ3) is 6.02. The van der Waals surface area contributed by atoms with Gasteiger partial charge in [0.2, 0.25) is 5.91 Å². The van der Waals surface area contributed by atoms with Crippen molar-refractivity contribution in [3.8, 4) is 5.75 Å². The zero-order valence-electron chi connectivity index (χ0n) is 20.7. The minimum absolute atomic E-state index is 0.00981. The molecule has 2 aliphatic heterocycles. The number of hydrogen-bond donors (Lipinski definition) is 1. The second kappa shape index (κ2) is 11.4. The average molecular weight is 478 g/mol. The smallest absolute Gasteiger partial charge is 0.253 e. The average Bonchev–Trinajstić information content (AvgIpc) is 2.91. The van der Waals surface area contributed by atoms with Crippen LogP contribution in [0.4, 0.5) is 0 Å². The Kier molecular flexibility index (Phi) is 8.06. The summed E-state index contributed by atoms with van der Waals surface area (Å²) in [4.78, 5) is 43.5. The molecule has 2 heterocycles. The Hall–Kier alpha value is -3.35. The highest BCUT2D eigenvalue weighted by atomic mass is 16.5. The number of aryl methyl sites for hydroxylation is 1. The molecular formula is C28H35N3O4. The highest BCUT2D eigenvalue weighted by Gasteiger charge is 2.36. The van der Waals surface area contributed by atoms with Gasteiger partial charge in [0.15, 0.2) is 0 Å². The van der Waals surface area contributed by atoms with E-state index in [4.69, 9.17) is 4.74 Å². The SMILES string of the molecule is COc1cccc(C(=O)NC(C(=O)N2CCCCC2)C2CCN(C(=O)c3cccc(C)c3)CC2)c1. The third-order valence-electron chi connectivity index (χ3n) is 7.12. The summed E-state index contributed by atoms with van der Waals surface area (Å²) in [5, 5.41) is 3.05. The maximum atomic E-state index is 13.6. The zero-order valence-corrected chi connectivity index (χ0v) is 20.7. The van der Waals surface area contributed by atoms with E-state index in [0.29, 0.717) is 42.8 Å². The van der Waals surface area contributed by atoms with Gasteiger partial charge in [-0.2, -0.15) is 0 Å². The van der Waals surface area contributed by atoms with Crippen LogP contribution in [0.15, 0.2) is 48.5 Å². The highest BCUT2D eigenvalue weighted by Crippen LogP contribution is 2.25. The van der Waals surface area contributed by atoms with Crippen molar-refractivity contribution in [1.29, 1.82) is 0 Å². The van der Waals surface area contributed by atoms with Crippen molar-refractivity contribution in [3.63, 3.8) is 0 Å². The topological polar surface area (TPSA) is 79.0 Å². The first-order chi connectivity index (χ1) is 17.0. The number of rotatable bonds is 6. The zero-order chi connectivity index (χ0) is 24.8. The van der Waals surface area contributed by atoms with Crippen molar-refractivity contribution in [1.82, 2.24) is 15.1 Å². The van der Waals surface area contributed by atoms with Gasteiger partial charge in [-0.15, -0.1) is 0 Å². The number of amides is 3. The number of piperidine rings is 2. The van der Waals surface area contributed by atoms with Crippen molar-refractivity contribution in [2.75, 3.05) is 33.3 Å². The van der Waals surface area contributed by atoms with Crippen molar-refractivity contribution >= 4 is 17.7 Å². The summed E-state index contributed by atoms with van der Waals surface area (Å²) in [6.07, 6.45) is 4.45. The minimum atomic E-state index is -0.608. The summed E-state index contributed by atoms with van der Waals surface area (Å²) < 4.78 is 5.25. The van der Waals surface area contributed by atoms with Crippen molar-refractivity contribution < 1.29 is 19.1 Å². The Labute approximate surface area is 207 Å². The Bertz CT molecular complexity index is 1060. The molecular weight excluding hydrogens is 442 g/mol. The second-order valence-corrected chi connectivity index (χ2v) is 9.57. The first kappa shape index (κ1) is 24.8. The van der Waals surface area contributed by atoms with Gasteiger partial charge >= 0.3 is 0 Å². The molecule has 2 aromatic rings. The highest BCUT2D eigenvalue weighted by molar-refractivity contribution is 5.98. The number of ether oxygens (including phenoxy) is 1. The van der Waals surface area contributed by atoms with Crippen LogP contribution < -0.4 is 10.1 Å². The van der Waals surface area contributed by atoms with E-state index in [-0.39, 0.29) is 23.6 Å². The largest absolute Gasteiger partial charge is 0.497 e. The number of carbonyl (C=O) groups excluding carboxylic acids is 3. The van der Waals surface area contributed by atoms with E-state index in [2.05, 4.69) is 5.32 Å². The number of nitrogens with one attached hydrogen (secondary N) is 1. The van der Waals surface area contributed by atoms with Gasteiger partial charge in [-0.3, -0.25) is 14.4 Å². The van der Waals surface area contributed by atoms with E-state index >= 15 is 0 Å². The molecule has 35 heavy (non-hydrogen) atoms. The maximum Gasteiger partial charge on any atom is 0.253 e. The van der Waals surface area contributed by atoms with Crippen LogP contribution in [0.25, 0.3) is 0 Å². The first-order valence-corrected chi connectivity index (χ1v) is 12.6. The molecule has 7 nitrogen and oxygen atoms in total. The molecule has 1 atom stereocenters. The Morgan fingerprint density at radius 3 is 2.26 bits per heavy atom. The van der Waals surface area contributed by atoms with Crippen LogP contribution in [0.5, 0.6) is 5.75 Å². The lowest BCUT2D eigenvalue weighted by molar-refractivity contribution is -0.136. The monoisotopic (exact) mass is 477 g/mol. The predicted octanol–water partition coefficient (Wildman–Crippen LogP) is 3.67. The molecule has 2 aromatic carbocycles. The van der Waals surface area contributed by atoms with Crippen molar-refractivity contribution in [2.45, 2.75) is 45.1 Å². The lowest BCUT2D eigenvalue weighted by Gasteiger charge is -2.38. The fraction of sp³-hybridized carbons (Fsp3) is 0.464. The van der Waals surface area contributed by atoms with Gasteiger partial charge < -0.3 is 19.9 Å². The van der Waals surface area contributed by atoms with Gasteiger partial charge in [0.25, 0.3) is 11.8 Å². The molecule has 0 saturated carbocycles. The van der Waals surface area contributed by atoms with Crippen LogP contribution >= 0.6 is 0 Å². The van der Waals surface area contributed by atoms with Crippen molar-refractivity contribution in [3.05, 3.63) is 65.2 Å². The van der Waals surface area contributed by atoms with E-state index in [1.165, 1.54) is 0 Å². The Morgan fingerprint density at radius 2 is 1.57 bits per heavy atom. The molecule has 0 spiro atoms. The van der Waals surface area contributed by atoms with Crippen LogP contribution in [0.3, 0.4) is 0 Å². The molecule has 7 heteroatoms. The summed E-state index contributed by atoms with van der Waals surface area (Å²) >= 11 is 0. The molecule has 1 unspecified atom stereocenters. The Balaban J connectivity index is 1.47. The summed E-state index contributed by atoms with van der Waals surface area (Å²) in [6, 6.07) is 14.0. The molecule has 0 bridgehead atoms. The van der Waals surface area contributed by atoms with Gasteiger partial charge in [0, 0.05) is 37.3 Å². The fourth-order valence-electron chi connectivity index (χ4n) is 5.08. The van der Waals surface area contributed by atoms with Crippen LogP contribution in [-0.2, 0) is 4.79 Å². The predicted molar refractivity (Wildman–Crippen MR) is 134 cm³/mol. The molecule has 2 aliphatic rings. The fourth-order valence-corrected chi connectivity index (χ4v) is 5.08. The van der Waals surface area contributed by atoms with Crippen LogP contribution in [0, 0.1) is 12.8 Å². The molecule has 1 N–H and O–H groups in total. The van der Waals surface area contributed by atoms with Crippen LogP contribution in [-0.4, -0.2) is 66.9 Å². The molecule has 0 aliphatic carbocycles. The number of carbonyl (C=O) groups is 3. The first-order valence-electron chi connectivity index (χ1n) is 12.6. The number of hydrogen-bond acceptors (Lipinski definition) is 4. The normalized spacial score (nSPS) is 17.5. The molecule has 0 aromatic heterocycles. The molecule has 3 amide bonds. The van der Waals surface area contributed by atoms with E-state index in [9.17, 15) is 14.4 Å². The quantitative estimate of drug-likeness (QED) is 0.689. The van der Waals surface area contributed by atoms with Gasteiger partial charge in [-0.1, -0.05) is 23.8 Å². The van der Waals surface area contributed by atoms with E-state index in [0.717, 1.165) is 37.9 Å². The molecule has 4 rings (SSSR count). The van der Waals surface area contributed by atoms with Crippen LogP contribution in [0.1, 0.15) is 58.4 Å². The lowest BCUT2D eigenvalue weighted by Crippen LogP contribution is -2.55. The molecule has 186 valence electrons. The number of nitrogens with zero attached hydrogens (tertiary/aromatic N) is 2. The molecule has 2 fully saturated rings. The van der Waals surface area contributed by atoms with E-state index in [1.54, 1.807) is 31.4 Å². The maximum absolute atomic E-state index is 13.6. The molecule has 0 radical (unpaired) electrons. The second-order valence-electron chi connectivity index (χ2n) is 9.57. The molecule has 2 saturated heterocycles. The summed E-state index contributed by atoms with van der Waals surface area (Å²) in [6.45, 7) is 4.57. The van der Waals surface area contributed by atoms with Gasteiger partial charge in [0.1, 0.15) is 11.8 Å². The lowest BCUT2D eigenvalue weighted by atomic mass is 9.87. The number of benzene rings is 2. The van der Waals surface area contributed by atoms with Gasteiger partial charge in [0.05, 0.1) is 7.11 Å². The van der Waals surface area contributed by atoms with Gasteiger partial charge in [-0.25, -0.2) is 0 Å².